The third-order valence-corrected chi connectivity index (χ3v) is 4.62. The van der Waals surface area contributed by atoms with Gasteiger partial charge in [0.05, 0.1) is 39.5 Å². The van der Waals surface area contributed by atoms with E-state index in [1.54, 1.807) is 24.3 Å². The van der Waals surface area contributed by atoms with Crippen molar-refractivity contribution in [2.45, 2.75) is 6.42 Å². The molecule has 0 saturated carbocycles. The van der Waals surface area contributed by atoms with Gasteiger partial charge in [-0.3, -0.25) is 4.79 Å². The molecular weight excluding hydrogens is 424 g/mol. The fourth-order valence-electron chi connectivity index (χ4n) is 3.03. The molecule has 0 spiro atoms. The van der Waals surface area contributed by atoms with Crippen molar-refractivity contribution in [2.75, 3.05) is 21.3 Å². The van der Waals surface area contributed by atoms with Crippen molar-refractivity contribution < 1.29 is 28.5 Å². The molecule has 8 heteroatoms. The minimum absolute atomic E-state index is 0.204. The number of ether oxygens (including phenoxy) is 4. The zero-order valence-electron chi connectivity index (χ0n) is 18.5. The van der Waals surface area contributed by atoms with Gasteiger partial charge in [-0.25, -0.2) is 10.2 Å². The maximum Gasteiger partial charge on any atom is 0.343 e. The Balaban J connectivity index is 1.72. The van der Waals surface area contributed by atoms with E-state index in [2.05, 4.69) is 10.5 Å². The lowest BCUT2D eigenvalue weighted by atomic mass is 10.1. The number of carbonyl (C=O) groups excluding carboxylic acids is 2. The van der Waals surface area contributed by atoms with Gasteiger partial charge in [0.2, 0.25) is 11.7 Å². The molecule has 3 aromatic rings. The van der Waals surface area contributed by atoms with Crippen LogP contribution in [-0.2, 0) is 11.2 Å². The molecule has 0 aromatic heterocycles. The van der Waals surface area contributed by atoms with Crippen molar-refractivity contribution in [3.05, 3.63) is 83.4 Å². The van der Waals surface area contributed by atoms with Crippen LogP contribution in [0.5, 0.6) is 23.0 Å². The Kier molecular flexibility index (Phi) is 8.02. The normalized spacial score (nSPS) is 10.5. The number of methoxy groups -OCH3 is 3. The SMILES string of the molecule is COc1cc(C(=O)Oc2ccccc2C=NNC(=O)Cc2ccccc2)cc(OC)c1OC. The van der Waals surface area contributed by atoms with Crippen LogP contribution in [0.4, 0.5) is 0 Å². The van der Waals surface area contributed by atoms with Crippen LogP contribution in [0.1, 0.15) is 21.5 Å². The third kappa shape index (κ3) is 6.10. The summed E-state index contributed by atoms with van der Waals surface area (Å²) in [6.45, 7) is 0. The van der Waals surface area contributed by atoms with Crippen molar-refractivity contribution in [1.82, 2.24) is 5.43 Å². The molecule has 8 nitrogen and oxygen atoms in total. The van der Waals surface area contributed by atoms with E-state index in [1.807, 2.05) is 30.3 Å². The number of para-hydroxylation sites is 1. The molecule has 1 N–H and O–H groups in total. The lowest BCUT2D eigenvalue weighted by Gasteiger charge is -2.14. The molecule has 0 aliphatic heterocycles. The van der Waals surface area contributed by atoms with Crippen LogP contribution in [0.25, 0.3) is 0 Å². The Morgan fingerprint density at radius 2 is 1.48 bits per heavy atom. The Morgan fingerprint density at radius 1 is 0.848 bits per heavy atom. The molecule has 1 amide bonds. The van der Waals surface area contributed by atoms with Crippen LogP contribution >= 0.6 is 0 Å². The average molecular weight is 448 g/mol. The summed E-state index contributed by atoms with van der Waals surface area (Å²) < 4.78 is 21.4. The minimum Gasteiger partial charge on any atom is -0.493 e. The first-order valence-electron chi connectivity index (χ1n) is 10.0. The summed E-state index contributed by atoms with van der Waals surface area (Å²) >= 11 is 0. The zero-order chi connectivity index (χ0) is 23.6. The first kappa shape index (κ1) is 23.3. The highest BCUT2D eigenvalue weighted by Crippen LogP contribution is 2.38. The fourth-order valence-corrected chi connectivity index (χ4v) is 3.03. The molecule has 3 aromatic carbocycles. The van der Waals surface area contributed by atoms with Crippen molar-refractivity contribution >= 4 is 18.1 Å². The summed E-state index contributed by atoms with van der Waals surface area (Å²) in [5.41, 5.74) is 4.08. The van der Waals surface area contributed by atoms with Gasteiger partial charge in [0.25, 0.3) is 0 Å². The quantitative estimate of drug-likeness (QED) is 0.233. The van der Waals surface area contributed by atoms with E-state index in [1.165, 1.54) is 39.7 Å². The second-order valence-electron chi connectivity index (χ2n) is 6.80. The molecule has 0 heterocycles. The molecule has 0 saturated heterocycles. The van der Waals surface area contributed by atoms with E-state index in [4.69, 9.17) is 18.9 Å². The predicted octanol–water partition coefficient (Wildman–Crippen LogP) is 3.62. The number of rotatable bonds is 9. The number of hydrogen-bond donors (Lipinski definition) is 1. The number of nitrogens with one attached hydrogen (secondary N) is 1. The molecule has 3 rings (SSSR count). The highest BCUT2D eigenvalue weighted by Gasteiger charge is 2.19. The molecule has 0 aliphatic rings. The summed E-state index contributed by atoms with van der Waals surface area (Å²) in [7, 11) is 4.40. The van der Waals surface area contributed by atoms with Crippen LogP contribution in [0.3, 0.4) is 0 Å². The van der Waals surface area contributed by atoms with Crippen LogP contribution < -0.4 is 24.4 Å². The van der Waals surface area contributed by atoms with Gasteiger partial charge >= 0.3 is 5.97 Å². The third-order valence-electron chi connectivity index (χ3n) is 4.62. The van der Waals surface area contributed by atoms with E-state index in [9.17, 15) is 9.59 Å². The highest BCUT2D eigenvalue weighted by atomic mass is 16.5. The number of benzene rings is 3. The Hall–Kier alpha value is -4.33. The van der Waals surface area contributed by atoms with Gasteiger partial charge in [0.15, 0.2) is 11.5 Å². The molecule has 0 fully saturated rings. The zero-order valence-corrected chi connectivity index (χ0v) is 18.5. The van der Waals surface area contributed by atoms with Gasteiger partial charge in [-0.2, -0.15) is 5.10 Å². The molecule has 170 valence electrons. The largest absolute Gasteiger partial charge is 0.493 e. The Bertz CT molecular complexity index is 1120. The first-order valence-corrected chi connectivity index (χ1v) is 10.0. The molecule has 0 bridgehead atoms. The van der Waals surface area contributed by atoms with Gasteiger partial charge < -0.3 is 18.9 Å². The van der Waals surface area contributed by atoms with E-state index in [0.717, 1.165) is 5.56 Å². The van der Waals surface area contributed by atoms with E-state index in [-0.39, 0.29) is 23.6 Å². The van der Waals surface area contributed by atoms with Crippen molar-refractivity contribution in [2.24, 2.45) is 5.10 Å². The first-order chi connectivity index (χ1) is 16.0. The lowest BCUT2D eigenvalue weighted by molar-refractivity contribution is -0.120. The number of esters is 1. The molecule has 0 atom stereocenters. The number of carbonyl (C=O) groups is 2. The van der Waals surface area contributed by atoms with Crippen LogP contribution in [0, 0.1) is 0 Å². The smallest absolute Gasteiger partial charge is 0.343 e. The topological polar surface area (TPSA) is 95.5 Å². The van der Waals surface area contributed by atoms with Crippen LogP contribution in [-0.4, -0.2) is 39.4 Å². The summed E-state index contributed by atoms with van der Waals surface area (Å²) in [5.74, 6) is 0.430. The number of nitrogens with zero attached hydrogens (tertiary/aromatic N) is 1. The van der Waals surface area contributed by atoms with Gasteiger partial charge in [-0.05, 0) is 29.8 Å². The molecule has 0 unspecified atom stereocenters. The van der Waals surface area contributed by atoms with Crippen LogP contribution in [0.15, 0.2) is 71.8 Å². The maximum absolute atomic E-state index is 12.8. The minimum atomic E-state index is -0.622. The number of amides is 1. The number of hydrogen-bond acceptors (Lipinski definition) is 7. The molecular formula is C25H24N2O6. The van der Waals surface area contributed by atoms with E-state index in [0.29, 0.717) is 22.8 Å². The average Bonchev–Trinajstić information content (AvgIpc) is 2.84. The van der Waals surface area contributed by atoms with Gasteiger partial charge in [-0.1, -0.05) is 42.5 Å². The Morgan fingerprint density at radius 3 is 2.12 bits per heavy atom. The number of hydrazone groups is 1. The standard InChI is InChI=1S/C25H24N2O6/c1-30-21-14-19(15-22(31-2)24(21)32-3)25(29)33-20-12-8-7-11-18(20)16-26-27-23(28)13-17-9-5-4-6-10-17/h4-12,14-16H,13H2,1-3H3,(H,27,28). The Labute approximate surface area is 191 Å². The second kappa shape index (κ2) is 11.3. The van der Waals surface area contributed by atoms with Crippen molar-refractivity contribution in [3.63, 3.8) is 0 Å². The monoisotopic (exact) mass is 448 g/mol. The molecule has 0 radical (unpaired) electrons. The van der Waals surface area contributed by atoms with E-state index >= 15 is 0 Å². The highest BCUT2D eigenvalue weighted by molar-refractivity contribution is 5.94. The predicted molar refractivity (Wildman–Crippen MR) is 123 cm³/mol. The summed E-state index contributed by atoms with van der Waals surface area (Å²) in [6, 6.07) is 19.2. The molecule has 0 aliphatic carbocycles. The van der Waals surface area contributed by atoms with Crippen molar-refractivity contribution in [3.8, 4) is 23.0 Å². The summed E-state index contributed by atoms with van der Waals surface area (Å²) in [5, 5.41) is 3.98. The summed E-state index contributed by atoms with van der Waals surface area (Å²) in [6.07, 6.45) is 1.62. The van der Waals surface area contributed by atoms with Crippen molar-refractivity contribution in [1.29, 1.82) is 0 Å². The second-order valence-corrected chi connectivity index (χ2v) is 6.80. The lowest BCUT2D eigenvalue weighted by Crippen LogP contribution is -2.19. The molecule has 33 heavy (non-hydrogen) atoms. The van der Waals surface area contributed by atoms with Gasteiger partial charge in [0.1, 0.15) is 5.75 Å². The van der Waals surface area contributed by atoms with Crippen LogP contribution in [0.2, 0.25) is 0 Å². The van der Waals surface area contributed by atoms with Gasteiger partial charge in [-0.15, -0.1) is 0 Å². The van der Waals surface area contributed by atoms with Gasteiger partial charge in [0, 0.05) is 5.56 Å². The van der Waals surface area contributed by atoms with E-state index < -0.39 is 5.97 Å². The maximum atomic E-state index is 12.8. The summed E-state index contributed by atoms with van der Waals surface area (Å²) in [4.78, 5) is 24.9. The fraction of sp³-hybridized carbons (Fsp3) is 0.160.